The van der Waals surface area contributed by atoms with E-state index in [1.54, 1.807) is 16.0 Å². The van der Waals surface area contributed by atoms with E-state index in [1.807, 2.05) is 90.2 Å². The number of rotatable bonds is 7. The Hall–Kier alpha value is -4.67. The first-order valence-corrected chi connectivity index (χ1v) is 14.5. The molecule has 0 aliphatic rings. The number of ether oxygens (including phenoxy) is 1. The molecule has 0 saturated carbocycles. The van der Waals surface area contributed by atoms with Gasteiger partial charge in [-0.1, -0.05) is 68.5 Å². The van der Waals surface area contributed by atoms with Crippen molar-refractivity contribution in [2.45, 2.75) is 46.3 Å². The molecule has 0 aliphatic heterocycles. The topological polar surface area (TPSA) is 106 Å². The number of benzene rings is 3. The number of nitrogens with one attached hydrogen (secondary N) is 2. The quantitative estimate of drug-likeness (QED) is 0.190. The van der Waals surface area contributed by atoms with Gasteiger partial charge in [0.25, 0.3) is 0 Å². The number of thiazole rings is 1. The fourth-order valence-electron chi connectivity index (χ4n) is 4.78. The van der Waals surface area contributed by atoms with Gasteiger partial charge in [0.15, 0.2) is 4.96 Å². The number of aromatic nitrogens is 4. The Balaban J connectivity index is 1.18. The number of imidazole rings is 1. The van der Waals surface area contributed by atoms with Gasteiger partial charge in [0.2, 0.25) is 0 Å². The first kappa shape index (κ1) is 27.5. The number of carbonyl (C=O) groups is 1. The van der Waals surface area contributed by atoms with E-state index >= 15 is 0 Å². The number of aliphatic hydroxyl groups excluding tert-OH is 1. The van der Waals surface area contributed by atoms with Crippen LogP contribution in [0.4, 0.5) is 10.6 Å². The highest BCUT2D eigenvalue weighted by Gasteiger charge is 2.22. The van der Waals surface area contributed by atoms with Crippen molar-refractivity contribution in [1.29, 1.82) is 0 Å². The lowest BCUT2D eigenvalue weighted by Crippen LogP contribution is -2.29. The Morgan fingerprint density at radius 3 is 2.55 bits per heavy atom. The molecule has 3 heterocycles. The molecule has 0 bridgehead atoms. The van der Waals surface area contributed by atoms with Crippen LogP contribution in [0, 0.1) is 6.92 Å². The maximum atomic E-state index is 13.1. The van der Waals surface area contributed by atoms with Crippen LogP contribution in [-0.4, -0.2) is 30.3 Å². The SMILES string of the molecule is Cc1nc2sc3cc(Oc4ccccc4CNC(=O)Nc4cc(C(C)(C)C)nn4-c4ccccc4)ccc3n2c1CO. The Morgan fingerprint density at radius 2 is 1.79 bits per heavy atom. The van der Waals surface area contributed by atoms with Crippen LogP contribution < -0.4 is 15.4 Å². The van der Waals surface area contributed by atoms with Gasteiger partial charge in [0.1, 0.15) is 17.3 Å². The zero-order valence-electron chi connectivity index (χ0n) is 23.9. The molecular formula is C32H32N6O3S. The van der Waals surface area contributed by atoms with E-state index in [2.05, 4.69) is 36.4 Å². The average Bonchev–Trinajstić information content (AvgIpc) is 3.64. The number of amides is 2. The van der Waals surface area contributed by atoms with Gasteiger partial charge in [-0.3, -0.25) is 9.72 Å². The fourth-order valence-corrected chi connectivity index (χ4v) is 5.89. The third-order valence-corrected chi connectivity index (χ3v) is 8.03. The highest BCUT2D eigenvalue weighted by molar-refractivity contribution is 7.23. The van der Waals surface area contributed by atoms with Crippen LogP contribution in [0.1, 0.15) is 43.4 Å². The molecule has 0 atom stereocenters. The molecule has 0 aliphatic carbocycles. The molecule has 6 rings (SSSR count). The minimum atomic E-state index is -0.347. The first-order valence-electron chi connectivity index (χ1n) is 13.7. The largest absolute Gasteiger partial charge is 0.457 e. The molecule has 10 heteroatoms. The molecule has 3 aromatic heterocycles. The monoisotopic (exact) mass is 580 g/mol. The van der Waals surface area contributed by atoms with Crippen LogP contribution in [0.25, 0.3) is 20.9 Å². The highest BCUT2D eigenvalue weighted by Crippen LogP contribution is 2.34. The van der Waals surface area contributed by atoms with Gasteiger partial charge in [-0.2, -0.15) is 5.10 Å². The van der Waals surface area contributed by atoms with E-state index in [0.717, 1.165) is 43.5 Å². The van der Waals surface area contributed by atoms with Crippen LogP contribution in [0.15, 0.2) is 78.9 Å². The molecule has 42 heavy (non-hydrogen) atoms. The number of aliphatic hydroxyl groups is 1. The standard InChI is InChI=1S/C32H32N6O3S/c1-20-25(19-39)37-24-15-14-23(16-27(24)42-31(37)34-20)41-26-13-9-8-10-21(26)18-33-30(40)35-29-17-28(32(2,3)4)36-38(29)22-11-6-5-7-12-22/h5-17,39H,18-19H2,1-4H3,(H2,33,35,40). The summed E-state index contributed by atoms with van der Waals surface area (Å²) < 4.78 is 11.0. The van der Waals surface area contributed by atoms with Crippen molar-refractivity contribution in [3.8, 4) is 17.2 Å². The molecule has 3 aromatic carbocycles. The van der Waals surface area contributed by atoms with Crippen molar-refractivity contribution in [3.05, 3.63) is 102 Å². The predicted molar refractivity (Wildman–Crippen MR) is 166 cm³/mol. The van der Waals surface area contributed by atoms with Crippen molar-refractivity contribution < 1.29 is 14.6 Å². The summed E-state index contributed by atoms with van der Waals surface area (Å²) in [5.74, 6) is 1.91. The van der Waals surface area contributed by atoms with Gasteiger partial charge in [0.05, 0.1) is 39.6 Å². The molecule has 0 radical (unpaired) electrons. The number of para-hydroxylation sites is 2. The highest BCUT2D eigenvalue weighted by atomic mass is 32.1. The van der Waals surface area contributed by atoms with Gasteiger partial charge in [0, 0.05) is 29.7 Å². The zero-order chi connectivity index (χ0) is 29.4. The fraction of sp³-hybridized carbons (Fsp3) is 0.219. The van der Waals surface area contributed by atoms with Gasteiger partial charge in [-0.25, -0.2) is 14.5 Å². The van der Waals surface area contributed by atoms with Crippen molar-refractivity contribution in [2.75, 3.05) is 5.32 Å². The summed E-state index contributed by atoms with van der Waals surface area (Å²) in [5, 5.41) is 20.5. The van der Waals surface area contributed by atoms with E-state index < -0.39 is 0 Å². The molecule has 0 saturated heterocycles. The van der Waals surface area contributed by atoms with E-state index in [0.29, 0.717) is 17.3 Å². The van der Waals surface area contributed by atoms with E-state index in [4.69, 9.17) is 9.84 Å². The minimum absolute atomic E-state index is 0.0720. The van der Waals surface area contributed by atoms with E-state index in [9.17, 15) is 9.90 Å². The van der Waals surface area contributed by atoms with E-state index in [-0.39, 0.29) is 24.6 Å². The smallest absolute Gasteiger partial charge is 0.320 e. The number of urea groups is 1. The predicted octanol–water partition coefficient (Wildman–Crippen LogP) is 6.95. The lowest BCUT2D eigenvalue weighted by molar-refractivity contribution is 0.251. The Morgan fingerprint density at radius 1 is 1.02 bits per heavy atom. The molecule has 0 fully saturated rings. The normalized spacial score (nSPS) is 11.7. The van der Waals surface area contributed by atoms with Crippen LogP contribution in [0.3, 0.4) is 0 Å². The molecule has 214 valence electrons. The van der Waals surface area contributed by atoms with Crippen molar-refractivity contribution in [2.24, 2.45) is 0 Å². The maximum absolute atomic E-state index is 13.1. The van der Waals surface area contributed by atoms with E-state index in [1.165, 1.54) is 0 Å². The summed E-state index contributed by atoms with van der Waals surface area (Å²) in [6.07, 6.45) is 0. The summed E-state index contributed by atoms with van der Waals surface area (Å²) in [4.78, 5) is 18.5. The number of fused-ring (bicyclic) bond motifs is 3. The summed E-state index contributed by atoms with van der Waals surface area (Å²) in [7, 11) is 0. The number of hydrogen-bond acceptors (Lipinski definition) is 6. The lowest BCUT2D eigenvalue weighted by atomic mass is 9.92. The number of aryl methyl sites for hydroxylation is 1. The summed E-state index contributed by atoms with van der Waals surface area (Å²) in [6, 6.07) is 24.8. The number of anilines is 1. The van der Waals surface area contributed by atoms with Crippen molar-refractivity contribution in [3.63, 3.8) is 0 Å². The minimum Gasteiger partial charge on any atom is -0.457 e. The molecule has 2 amide bonds. The molecule has 0 spiro atoms. The second kappa shape index (κ2) is 11.0. The van der Waals surface area contributed by atoms with Crippen LogP contribution >= 0.6 is 11.3 Å². The lowest BCUT2D eigenvalue weighted by Gasteiger charge is -2.14. The van der Waals surface area contributed by atoms with Crippen LogP contribution in [-0.2, 0) is 18.6 Å². The van der Waals surface area contributed by atoms with Gasteiger partial charge in [-0.05, 0) is 37.3 Å². The molecule has 9 nitrogen and oxygen atoms in total. The summed E-state index contributed by atoms with van der Waals surface area (Å²) >= 11 is 1.55. The number of hydrogen-bond donors (Lipinski definition) is 3. The second-order valence-electron chi connectivity index (χ2n) is 11.1. The first-order chi connectivity index (χ1) is 20.2. The average molecular weight is 581 g/mol. The Bertz CT molecular complexity index is 1900. The number of nitrogens with zero attached hydrogens (tertiary/aromatic N) is 4. The molecule has 3 N–H and O–H groups in total. The van der Waals surface area contributed by atoms with Gasteiger partial charge in [-0.15, -0.1) is 0 Å². The van der Waals surface area contributed by atoms with Crippen molar-refractivity contribution in [1.82, 2.24) is 24.5 Å². The van der Waals surface area contributed by atoms with Gasteiger partial charge < -0.3 is 15.2 Å². The molecular weight excluding hydrogens is 548 g/mol. The third-order valence-electron chi connectivity index (χ3n) is 7.03. The second-order valence-corrected chi connectivity index (χ2v) is 12.1. The Kier molecular flexibility index (Phi) is 7.17. The third kappa shape index (κ3) is 5.34. The summed E-state index contributed by atoms with van der Waals surface area (Å²) in [5.41, 5.74) is 4.98. The van der Waals surface area contributed by atoms with Crippen LogP contribution in [0.2, 0.25) is 0 Å². The molecule has 0 unspecified atom stereocenters. The Labute approximate surface area is 247 Å². The van der Waals surface area contributed by atoms with Gasteiger partial charge >= 0.3 is 6.03 Å². The summed E-state index contributed by atoms with van der Waals surface area (Å²) in [6.45, 7) is 8.37. The number of carbonyl (C=O) groups excluding carboxylic acids is 1. The molecule has 6 aromatic rings. The zero-order valence-corrected chi connectivity index (χ0v) is 24.7. The maximum Gasteiger partial charge on any atom is 0.320 e. The van der Waals surface area contributed by atoms with Crippen molar-refractivity contribution >= 4 is 38.4 Å². The van der Waals surface area contributed by atoms with Crippen LogP contribution in [0.5, 0.6) is 11.5 Å².